The lowest BCUT2D eigenvalue weighted by Gasteiger charge is -2.28. The van der Waals surface area contributed by atoms with Crippen LogP contribution in [0.5, 0.6) is 0 Å². The maximum absolute atomic E-state index is 13.4. The second-order valence-corrected chi connectivity index (χ2v) is 4.54. The largest absolute Gasteiger partial charge is 0.515 e. The summed E-state index contributed by atoms with van der Waals surface area (Å²) in [5, 5.41) is 0. The van der Waals surface area contributed by atoms with Crippen molar-refractivity contribution in [1.29, 1.82) is 0 Å². The molecule has 0 saturated heterocycles. The second-order valence-electron chi connectivity index (χ2n) is 3.46. The van der Waals surface area contributed by atoms with Gasteiger partial charge in [-0.2, -0.15) is 17.6 Å². The number of hydrogen-bond donors (Lipinski definition) is 1. The monoisotopic (exact) mass is 308 g/mol. The van der Waals surface area contributed by atoms with Gasteiger partial charge in [0, 0.05) is 0 Å². The molecule has 1 aromatic rings. The molecule has 0 radical (unpaired) electrons. The third-order valence-corrected chi connectivity index (χ3v) is 2.48. The summed E-state index contributed by atoms with van der Waals surface area (Å²) in [5.74, 6) is -5.53. The third kappa shape index (κ3) is 3.71. The van der Waals surface area contributed by atoms with Gasteiger partial charge >= 0.3 is 19.9 Å². The molecule has 0 aliphatic heterocycles. The number of alkyl halides is 5. The Morgan fingerprint density at radius 2 is 1.63 bits per heavy atom. The minimum atomic E-state index is -6.41. The lowest BCUT2D eigenvalue weighted by molar-refractivity contribution is -0.332. The summed E-state index contributed by atoms with van der Waals surface area (Å²) in [5.41, 5.74) is -0.817. The molecule has 0 saturated carbocycles. The first-order valence-electron chi connectivity index (χ1n) is 4.65. The first-order valence-corrected chi connectivity index (χ1v) is 6.12. The summed E-state index contributed by atoms with van der Waals surface area (Å²) in [4.78, 5) is 7.90. The van der Waals surface area contributed by atoms with E-state index in [0.29, 0.717) is 0 Å². The molecule has 0 aliphatic rings. The molecule has 1 rings (SSSR count). The second kappa shape index (κ2) is 5.15. The maximum Gasteiger partial charge on any atom is 0.515 e. The summed E-state index contributed by atoms with van der Waals surface area (Å²) in [6.45, 7) is 0. The molecule has 2 atom stereocenters. The zero-order valence-electron chi connectivity index (χ0n) is 8.94. The zero-order chi connectivity index (χ0) is 14.9. The number of rotatable bonds is 5. The maximum atomic E-state index is 13.4. The molecule has 0 aliphatic carbocycles. The van der Waals surface area contributed by atoms with E-state index in [1.807, 2.05) is 0 Å². The topological polar surface area (TPSA) is 46.5 Å². The van der Waals surface area contributed by atoms with E-state index >= 15 is 0 Å². The van der Waals surface area contributed by atoms with Gasteiger partial charge in [-0.1, -0.05) is 30.3 Å². The SMILES string of the molecule is O=P(O)(F)OC(F)(F)C(F)(F)C(F)c1ccccc1. The van der Waals surface area contributed by atoms with Crippen LogP contribution in [0.3, 0.4) is 0 Å². The van der Waals surface area contributed by atoms with E-state index in [0.717, 1.165) is 24.3 Å². The van der Waals surface area contributed by atoms with Gasteiger partial charge in [0.05, 0.1) is 0 Å². The normalized spacial score (nSPS) is 17.8. The van der Waals surface area contributed by atoms with Crippen molar-refractivity contribution in [2.24, 2.45) is 0 Å². The minimum Gasteiger partial charge on any atom is -0.299 e. The van der Waals surface area contributed by atoms with Crippen molar-refractivity contribution >= 4 is 7.91 Å². The van der Waals surface area contributed by atoms with E-state index in [1.54, 1.807) is 0 Å². The van der Waals surface area contributed by atoms with E-state index in [9.17, 15) is 30.7 Å². The van der Waals surface area contributed by atoms with Crippen LogP contribution in [0.4, 0.5) is 26.1 Å². The molecular weight excluding hydrogens is 301 g/mol. The smallest absolute Gasteiger partial charge is 0.299 e. The van der Waals surface area contributed by atoms with Crippen LogP contribution < -0.4 is 0 Å². The van der Waals surface area contributed by atoms with Crippen LogP contribution in [-0.4, -0.2) is 16.9 Å². The molecule has 1 aromatic carbocycles. The molecule has 3 nitrogen and oxygen atoms in total. The third-order valence-electron chi connectivity index (χ3n) is 2.03. The molecule has 2 unspecified atom stereocenters. The molecule has 10 heteroatoms. The Kier molecular flexibility index (Phi) is 4.33. The Labute approximate surface area is 103 Å². The Hall–Kier alpha value is -1.05. The van der Waals surface area contributed by atoms with Crippen LogP contribution in [0, 0.1) is 0 Å². The first-order chi connectivity index (χ1) is 8.47. The first kappa shape index (κ1) is 16.0. The van der Waals surface area contributed by atoms with Gasteiger partial charge in [-0.25, -0.2) is 13.5 Å². The highest BCUT2D eigenvalue weighted by atomic mass is 31.2. The van der Waals surface area contributed by atoms with Crippen LogP contribution in [0.2, 0.25) is 0 Å². The molecule has 0 bridgehead atoms. The Morgan fingerprint density at radius 1 is 1.16 bits per heavy atom. The van der Waals surface area contributed by atoms with Crippen molar-refractivity contribution in [3.63, 3.8) is 0 Å². The summed E-state index contributed by atoms with van der Waals surface area (Å²) in [6.07, 6.45) is -9.34. The van der Waals surface area contributed by atoms with Crippen LogP contribution in [0.15, 0.2) is 30.3 Å². The van der Waals surface area contributed by atoms with Crippen molar-refractivity contribution in [2.45, 2.75) is 18.2 Å². The molecule has 0 heterocycles. The van der Waals surface area contributed by atoms with Gasteiger partial charge < -0.3 is 0 Å². The highest BCUT2D eigenvalue weighted by Gasteiger charge is 2.66. The molecule has 0 spiro atoms. The van der Waals surface area contributed by atoms with Gasteiger partial charge in [0.25, 0.3) is 0 Å². The average Bonchev–Trinajstić information content (AvgIpc) is 2.25. The van der Waals surface area contributed by atoms with E-state index in [4.69, 9.17) is 4.89 Å². The Balaban J connectivity index is 3.06. The average molecular weight is 308 g/mol. The lowest BCUT2D eigenvalue weighted by atomic mass is 10.0. The van der Waals surface area contributed by atoms with Gasteiger partial charge in [-0.05, 0) is 5.56 Å². The van der Waals surface area contributed by atoms with E-state index < -0.39 is 31.7 Å². The zero-order valence-corrected chi connectivity index (χ0v) is 9.84. The highest BCUT2D eigenvalue weighted by Crippen LogP contribution is 2.55. The van der Waals surface area contributed by atoms with E-state index in [-0.39, 0.29) is 0 Å². The molecule has 108 valence electrons. The Morgan fingerprint density at radius 3 is 2.05 bits per heavy atom. The van der Waals surface area contributed by atoms with Crippen LogP contribution in [-0.2, 0) is 9.09 Å². The fourth-order valence-corrected chi connectivity index (χ4v) is 1.59. The van der Waals surface area contributed by atoms with Crippen LogP contribution in [0.25, 0.3) is 0 Å². The molecule has 0 amide bonds. The fourth-order valence-electron chi connectivity index (χ4n) is 1.18. The fraction of sp³-hybridized carbons (Fsp3) is 0.333. The summed E-state index contributed by atoms with van der Waals surface area (Å²) in [6, 6.07) is 5.14. The van der Waals surface area contributed by atoms with Crippen molar-refractivity contribution in [3.8, 4) is 0 Å². The van der Waals surface area contributed by atoms with Crippen molar-refractivity contribution in [3.05, 3.63) is 35.9 Å². The number of hydrogen-bond acceptors (Lipinski definition) is 2. The van der Waals surface area contributed by atoms with Gasteiger partial charge in [-0.15, -0.1) is 4.20 Å². The highest BCUT2D eigenvalue weighted by molar-refractivity contribution is 7.46. The van der Waals surface area contributed by atoms with Gasteiger partial charge in [0.15, 0.2) is 6.17 Å². The van der Waals surface area contributed by atoms with E-state index in [1.165, 1.54) is 6.07 Å². The molecule has 19 heavy (non-hydrogen) atoms. The molecule has 0 fully saturated rings. The number of halogens is 6. The number of benzene rings is 1. The predicted octanol–water partition coefficient (Wildman–Crippen LogP) is 4.01. The summed E-state index contributed by atoms with van der Waals surface area (Å²) >= 11 is 0. The van der Waals surface area contributed by atoms with Gasteiger partial charge in [0.1, 0.15) is 0 Å². The van der Waals surface area contributed by atoms with Gasteiger partial charge in [-0.3, -0.25) is 4.89 Å². The van der Waals surface area contributed by atoms with Crippen molar-refractivity contribution < 1.29 is 40.1 Å². The standard InChI is InChI=1S/C9H7F6O3P/c10-7(6-4-2-1-3-5-6)8(11,12)9(13,14)18-19(15,16)17/h1-5,7H,(H,16,17). The molecule has 1 N–H and O–H groups in total. The van der Waals surface area contributed by atoms with Crippen LogP contribution in [0.1, 0.15) is 11.7 Å². The van der Waals surface area contributed by atoms with E-state index in [2.05, 4.69) is 4.52 Å². The van der Waals surface area contributed by atoms with Crippen molar-refractivity contribution in [2.75, 3.05) is 0 Å². The minimum absolute atomic E-state index is 0.794. The molecular formula is C9H7F6O3P. The molecule has 0 aromatic heterocycles. The summed E-state index contributed by atoms with van der Waals surface area (Å²) < 4.78 is 89.9. The Bertz CT molecular complexity index is 474. The quantitative estimate of drug-likeness (QED) is 0.660. The van der Waals surface area contributed by atoms with Crippen LogP contribution >= 0.6 is 7.91 Å². The van der Waals surface area contributed by atoms with Gasteiger partial charge in [0.2, 0.25) is 0 Å². The lowest BCUT2D eigenvalue weighted by Crippen LogP contribution is -2.45. The summed E-state index contributed by atoms with van der Waals surface area (Å²) in [7, 11) is -6.41. The predicted molar refractivity (Wildman–Crippen MR) is 52.2 cm³/mol. The van der Waals surface area contributed by atoms with Crippen molar-refractivity contribution in [1.82, 2.24) is 0 Å².